The van der Waals surface area contributed by atoms with E-state index in [0.29, 0.717) is 8.55 Å². The second-order valence-corrected chi connectivity index (χ2v) is 8.69. The Balaban J connectivity index is 2.39. The minimum Gasteiger partial charge on any atom is -0.244 e. The lowest BCUT2D eigenvalue weighted by Crippen LogP contribution is -2.04. The monoisotopic (exact) mass is 305 g/mol. The molecule has 0 atom stereocenters. The van der Waals surface area contributed by atoms with Crippen molar-refractivity contribution in [1.82, 2.24) is 4.98 Å². The molecule has 0 N–H and O–H groups in total. The number of sulfone groups is 1. The predicted molar refractivity (Wildman–Crippen MR) is 71.0 cm³/mol. The highest BCUT2D eigenvalue weighted by molar-refractivity contribution is 7.93. The topological polar surface area (TPSA) is 47.0 Å². The summed E-state index contributed by atoms with van der Waals surface area (Å²) in [5.41, 5.74) is 4.25. The van der Waals surface area contributed by atoms with Gasteiger partial charge in [-0.05, 0) is 18.4 Å². The van der Waals surface area contributed by atoms with Gasteiger partial charge in [0.25, 0.3) is 0 Å². The van der Waals surface area contributed by atoms with Crippen LogP contribution in [0.3, 0.4) is 0 Å². The zero-order valence-corrected chi connectivity index (χ0v) is 12.1. The summed E-state index contributed by atoms with van der Waals surface area (Å²) >= 11 is 8.85. The number of thiophene rings is 1. The van der Waals surface area contributed by atoms with E-state index in [9.17, 15) is 8.42 Å². The summed E-state index contributed by atoms with van der Waals surface area (Å²) in [6.07, 6.45) is 2.91. The van der Waals surface area contributed by atoms with Gasteiger partial charge in [-0.1, -0.05) is 11.6 Å². The number of aromatic nitrogens is 1. The van der Waals surface area contributed by atoms with Crippen LogP contribution < -0.4 is 0 Å². The third-order valence-electron chi connectivity index (χ3n) is 2.74. The van der Waals surface area contributed by atoms with Gasteiger partial charge in [-0.3, -0.25) is 0 Å². The first-order valence-corrected chi connectivity index (χ1v) is 8.89. The summed E-state index contributed by atoms with van der Waals surface area (Å²) in [6, 6.07) is 0. The second-order valence-electron chi connectivity index (χ2n) is 3.91. The van der Waals surface area contributed by atoms with Gasteiger partial charge in [0.15, 0.2) is 9.84 Å². The molecule has 7 heteroatoms. The van der Waals surface area contributed by atoms with Crippen LogP contribution in [-0.4, -0.2) is 19.7 Å². The van der Waals surface area contributed by atoms with Gasteiger partial charge in [0.05, 0.1) is 15.5 Å². The SMILES string of the molecule is CS(=O)(=O)c1sc(Cl)c2c1-c1ncsc1CC2. The Morgan fingerprint density at radius 1 is 1.41 bits per heavy atom. The molecule has 0 amide bonds. The maximum atomic E-state index is 11.8. The first-order chi connectivity index (χ1) is 7.98. The number of nitrogens with zero attached hydrogens (tertiary/aromatic N) is 1. The van der Waals surface area contributed by atoms with Gasteiger partial charge in [-0.25, -0.2) is 13.4 Å². The lowest BCUT2D eigenvalue weighted by Gasteiger charge is -2.12. The molecule has 0 aliphatic heterocycles. The van der Waals surface area contributed by atoms with Crippen LogP contribution in [0.4, 0.5) is 0 Å². The summed E-state index contributed by atoms with van der Waals surface area (Å²) < 4.78 is 24.5. The van der Waals surface area contributed by atoms with Gasteiger partial charge in [-0.15, -0.1) is 22.7 Å². The molecule has 0 fully saturated rings. The number of halogens is 1. The number of rotatable bonds is 1. The standard InChI is InChI=1S/C10H8ClNO2S3/c1-17(13,14)10-7-5(9(11)16-10)2-3-6-8(7)12-4-15-6/h4H,2-3H2,1H3. The van der Waals surface area contributed by atoms with Gasteiger partial charge in [0.1, 0.15) is 4.21 Å². The van der Waals surface area contributed by atoms with Crippen LogP contribution in [0.1, 0.15) is 10.4 Å². The average Bonchev–Trinajstić information content (AvgIpc) is 2.80. The average molecular weight is 306 g/mol. The van der Waals surface area contributed by atoms with E-state index in [1.807, 2.05) is 0 Å². The van der Waals surface area contributed by atoms with Gasteiger partial charge in [-0.2, -0.15) is 0 Å². The van der Waals surface area contributed by atoms with E-state index in [0.717, 1.165) is 45.9 Å². The van der Waals surface area contributed by atoms with Crippen LogP contribution in [0.5, 0.6) is 0 Å². The van der Waals surface area contributed by atoms with Crippen molar-refractivity contribution in [3.05, 3.63) is 20.3 Å². The van der Waals surface area contributed by atoms with Crippen molar-refractivity contribution in [3.8, 4) is 11.3 Å². The Bertz CT molecular complexity index is 699. The molecule has 17 heavy (non-hydrogen) atoms. The summed E-state index contributed by atoms with van der Waals surface area (Å²) in [5.74, 6) is 0. The van der Waals surface area contributed by atoms with Gasteiger partial charge in [0.2, 0.25) is 0 Å². The number of hydrogen-bond donors (Lipinski definition) is 0. The zero-order valence-electron chi connectivity index (χ0n) is 8.86. The molecule has 2 aromatic rings. The molecule has 0 saturated heterocycles. The Labute approximate surface area is 112 Å². The Morgan fingerprint density at radius 2 is 2.18 bits per heavy atom. The fraction of sp³-hybridized carbons (Fsp3) is 0.300. The molecule has 90 valence electrons. The van der Waals surface area contributed by atoms with E-state index in [1.54, 1.807) is 16.8 Å². The molecule has 0 spiro atoms. The first-order valence-electron chi connectivity index (χ1n) is 4.92. The minimum atomic E-state index is -3.25. The van der Waals surface area contributed by atoms with Gasteiger partial charge < -0.3 is 0 Å². The van der Waals surface area contributed by atoms with Gasteiger partial charge >= 0.3 is 0 Å². The third-order valence-corrected chi connectivity index (χ3v) is 6.95. The van der Waals surface area contributed by atoms with Crippen molar-refractivity contribution in [2.45, 2.75) is 17.1 Å². The molecule has 2 heterocycles. The van der Waals surface area contributed by atoms with E-state index >= 15 is 0 Å². The molecular weight excluding hydrogens is 298 g/mol. The molecule has 0 unspecified atom stereocenters. The Morgan fingerprint density at radius 3 is 2.88 bits per heavy atom. The number of fused-ring (bicyclic) bond motifs is 3. The van der Waals surface area contributed by atoms with Crippen LogP contribution in [0.2, 0.25) is 4.34 Å². The summed E-state index contributed by atoms with van der Waals surface area (Å²) in [5, 5.41) is 0. The molecule has 0 radical (unpaired) electrons. The van der Waals surface area contributed by atoms with Crippen molar-refractivity contribution in [2.24, 2.45) is 0 Å². The predicted octanol–water partition coefficient (Wildman–Crippen LogP) is 3.03. The number of thiazole rings is 1. The first kappa shape index (κ1) is 11.6. The van der Waals surface area contributed by atoms with Crippen molar-refractivity contribution in [3.63, 3.8) is 0 Å². The molecule has 0 saturated carbocycles. The largest absolute Gasteiger partial charge is 0.244 e. The maximum absolute atomic E-state index is 11.8. The molecule has 0 aromatic carbocycles. The highest BCUT2D eigenvalue weighted by Gasteiger charge is 2.30. The smallest absolute Gasteiger partial charge is 0.185 e. The van der Waals surface area contributed by atoms with Crippen LogP contribution in [0, 0.1) is 0 Å². The number of hydrogen-bond acceptors (Lipinski definition) is 5. The quantitative estimate of drug-likeness (QED) is 0.813. The summed E-state index contributed by atoms with van der Waals surface area (Å²) in [6.45, 7) is 0. The number of aryl methyl sites for hydroxylation is 1. The van der Waals surface area contributed by atoms with Gasteiger partial charge in [0, 0.05) is 16.7 Å². The third kappa shape index (κ3) is 1.74. The van der Waals surface area contributed by atoms with Crippen LogP contribution in [-0.2, 0) is 22.7 Å². The molecule has 1 aliphatic rings. The maximum Gasteiger partial charge on any atom is 0.185 e. The second kappa shape index (κ2) is 3.78. The Hall–Kier alpha value is -0.430. The highest BCUT2D eigenvalue weighted by Crippen LogP contribution is 2.46. The normalized spacial score (nSPS) is 14.5. The van der Waals surface area contributed by atoms with Crippen LogP contribution in [0.25, 0.3) is 11.3 Å². The molecule has 3 nitrogen and oxygen atoms in total. The van der Waals surface area contributed by atoms with E-state index in [4.69, 9.17) is 11.6 Å². The highest BCUT2D eigenvalue weighted by atomic mass is 35.5. The molecule has 2 aromatic heterocycles. The summed E-state index contributed by atoms with van der Waals surface area (Å²) in [7, 11) is -3.25. The molecular formula is C10H8ClNO2S3. The minimum absolute atomic E-state index is 0.351. The van der Waals surface area contributed by atoms with Crippen molar-refractivity contribution >= 4 is 44.1 Å². The lowest BCUT2D eigenvalue weighted by molar-refractivity contribution is 0.604. The van der Waals surface area contributed by atoms with E-state index in [-0.39, 0.29) is 0 Å². The van der Waals surface area contributed by atoms with Crippen molar-refractivity contribution < 1.29 is 8.42 Å². The lowest BCUT2D eigenvalue weighted by atomic mass is 9.98. The fourth-order valence-corrected chi connectivity index (χ4v) is 5.62. The zero-order chi connectivity index (χ0) is 12.2. The van der Waals surface area contributed by atoms with E-state index in [1.165, 1.54) is 6.26 Å². The summed E-state index contributed by atoms with van der Waals surface area (Å²) in [4.78, 5) is 5.44. The molecule has 3 rings (SSSR count). The van der Waals surface area contributed by atoms with Crippen molar-refractivity contribution in [2.75, 3.05) is 6.26 Å². The van der Waals surface area contributed by atoms with Crippen molar-refractivity contribution in [1.29, 1.82) is 0 Å². The van der Waals surface area contributed by atoms with E-state index in [2.05, 4.69) is 4.98 Å². The Kier molecular flexibility index (Phi) is 2.59. The van der Waals surface area contributed by atoms with E-state index < -0.39 is 9.84 Å². The van der Waals surface area contributed by atoms with Crippen LogP contribution >= 0.6 is 34.3 Å². The van der Waals surface area contributed by atoms with Crippen LogP contribution in [0.15, 0.2) is 9.72 Å². The molecule has 1 aliphatic carbocycles. The fourth-order valence-electron chi connectivity index (χ4n) is 2.03. The molecule has 0 bridgehead atoms.